The molecule has 0 aliphatic carbocycles. The van der Waals surface area contributed by atoms with Crippen molar-refractivity contribution in [2.75, 3.05) is 12.4 Å². The summed E-state index contributed by atoms with van der Waals surface area (Å²) in [7, 11) is 1.58. The van der Waals surface area contributed by atoms with Gasteiger partial charge in [-0.25, -0.2) is 9.50 Å². The predicted molar refractivity (Wildman–Crippen MR) is 78.7 cm³/mol. The number of nitrogens with one attached hydrogen (secondary N) is 1. The molecule has 0 radical (unpaired) electrons. The van der Waals surface area contributed by atoms with Gasteiger partial charge < -0.3 is 10.1 Å². The van der Waals surface area contributed by atoms with Crippen LogP contribution in [0.1, 0.15) is 16.2 Å². The molecule has 2 heterocycles. The average Bonchev–Trinajstić information content (AvgIpc) is 2.87. The van der Waals surface area contributed by atoms with E-state index in [1.807, 2.05) is 25.1 Å². The Balaban J connectivity index is 1.93. The number of methoxy groups -OCH3 is 1. The SMILES string of the molecule is COc1cccc(NC(=O)c2ccnc3cc(C)nn23)c1. The summed E-state index contributed by atoms with van der Waals surface area (Å²) in [6.45, 7) is 1.86. The fraction of sp³-hybridized carbons (Fsp3) is 0.133. The van der Waals surface area contributed by atoms with Crippen LogP contribution in [-0.4, -0.2) is 27.6 Å². The second kappa shape index (κ2) is 5.24. The van der Waals surface area contributed by atoms with Gasteiger partial charge in [0.25, 0.3) is 5.91 Å². The standard InChI is InChI=1S/C15H14N4O2/c1-10-8-14-16-7-6-13(19(14)18-10)15(20)17-11-4-3-5-12(9-11)21-2/h3-9H,1-2H3,(H,17,20). The molecule has 0 saturated heterocycles. The number of benzene rings is 1. The van der Waals surface area contributed by atoms with E-state index in [2.05, 4.69) is 15.4 Å². The number of aryl methyl sites for hydroxylation is 1. The summed E-state index contributed by atoms with van der Waals surface area (Å²) in [6, 6.07) is 10.6. The second-order valence-electron chi connectivity index (χ2n) is 4.57. The third-order valence-corrected chi connectivity index (χ3v) is 3.04. The lowest BCUT2D eigenvalue weighted by atomic mass is 10.3. The molecule has 2 aromatic heterocycles. The Morgan fingerprint density at radius 2 is 2.14 bits per heavy atom. The summed E-state index contributed by atoms with van der Waals surface area (Å²) in [5.74, 6) is 0.432. The van der Waals surface area contributed by atoms with Crippen LogP contribution in [0, 0.1) is 6.92 Å². The number of rotatable bonds is 3. The largest absolute Gasteiger partial charge is 0.497 e. The predicted octanol–water partition coefficient (Wildman–Crippen LogP) is 2.30. The molecule has 6 nitrogen and oxygen atoms in total. The van der Waals surface area contributed by atoms with Crippen LogP contribution in [0.25, 0.3) is 5.65 Å². The van der Waals surface area contributed by atoms with Gasteiger partial charge in [-0.3, -0.25) is 4.79 Å². The Morgan fingerprint density at radius 1 is 1.29 bits per heavy atom. The molecule has 0 spiro atoms. The number of aromatic nitrogens is 3. The lowest BCUT2D eigenvalue weighted by Gasteiger charge is -2.08. The van der Waals surface area contributed by atoms with E-state index < -0.39 is 0 Å². The van der Waals surface area contributed by atoms with Crippen molar-refractivity contribution in [2.45, 2.75) is 6.92 Å². The number of hydrogen-bond donors (Lipinski definition) is 1. The Bertz CT molecular complexity index is 810. The van der Waals surface area contributed by atoms with Gasteiger partial charge in [-0.2, -0.15) is 5.10 Å². The molecule has 1 amide bonds. The molecule has 0 bridgehead atoms. The number of amides is 1. The Hall–Kier alpha value is -2.89. The second-order valence-corrected chi connectivity index (χ2v) is 4.57. The van der Waals surface area contributed by atoms with Crippen LogP contribution in [0.15, 0.2) is 42.6 Å². The van der Waals surface area contributed by atoms with Gasteiger partial charge in [-0.15, -0.1) is 0 Å². The zero-order valence-electron chi connectivity index (χ0n) is 11.7. The zero-order chi connectivity index (χ0) is 14.8. The van der Waals surface area contributed by atoms with E-state index >= 15 is 0 Å². The van der Waals surface area contributed by atoms with Gasteiger partial charge in [0.15, 0.2) is 5.65 Å². The van der Waals surface area contributed by atoms with Crippen LogP contribution in [0.2, 0.25) is 0 Å². The van der Waals surface area contributed by atoms with E-state index in [1.54, 1.807) is 31.5 Å². The third-order valence-electron chi connectivity index (χ3n) is 3.04. The van der Waals surface area contributed by atoms with Crippen LogP contribution in [0.4, 0.5) is 5.69 Å². The highest BCUT2D eigenvalue weighted by Crippen LogP contribution is 2.17. The lowest BCUT2D eigenvalue weighted by Crippen LogP contribution is -2.16. The smallest absolute Gasteiger partial charge is 0.274 e. The summed E-state index contributed by atoms with van der Waals surface area (Å²) in [5.41, 5.74) is 2.54. The first-order valence-corrected chi connectivity index (χ1v) is 6.44. The van der Waals surface area contributed by atoms with Crippen molar-refractivity contribution in [1.29, 1.82) is 0 Å². The maximum Gasteiger partial charge on any atom is 0.274 e. The molecule has 0 saturated carbocycles. The summed E-state index contributed by atoms with van der Waals surface area (Å²) >= 11 is 0. The van der Waals surface area contributed by atoms with E-state index in [4.69, 9.17) is 4.74 Å². The van der Waals surface area contributed by atoms with E-state index in [0.717, 1.165) is 5.69 Å². The monoisotopic (exact) mass is 282 g/mol. The normalized spacial score (nSPS) is 10.6. The molecule has 1 N–H and O–H groups in total. The van der Waals surface area contributed by atoms with Crippen molar-refractivity contribution in [1.82, 2.24) is 14.6 Å². The third kappa shape index (κ3) is 2.55. The van der Waals surface area contributed by atoms with Crippen LogP contribution in [0.5, 0.6) is 5.75 Å². The van der Waals surface area contributed by atoms with Crippen LogP contribution < -0.4 is 10.1 Å². The molecule has 0 atom stereocenters. The number of fused-ring (bicyclic) bond motifs is 1. The topological polar surface area (TPSA) is 68.5 Å². The minimum Gasteiger partial charge on any atom is -0.497 e. The molecule has 1 aromatic carbocycles. The van der Waals surface area contributed by atoms with Gasteiger partial charge in [0.05, 0.1) is 12.8 Å². The van der Waals surface area contributed by atoms with Crippen molar-refractivity contribution < 1.29 is 9.53 Å². The quantitative estimate of drug-likeness (QED) is 0.800. The molecule has 6 heteroatoms. The van der Waals surface area contributed by atoms with E-state index in [0.29, 0.717) is 22.8 Å². The fourth-order valence-electron chi connectivity index (χ4n) is 2.08. The van der Waals surface area contributed by atoms with Gasteiger partial charge in [0.1, 0.15) is 11.4 Å². The highest BCUT2D eigenvalue weighted by molar-refractivity contribution is 6.03. The molecular formula is C15H14N4O2. The Morgan fingerprint density at radius 3 is 2.95 bits per heavy atom. The Labute approximate surface area is 121 Å². The number of carbonyl (C=O) groups excluding carboxylic acids is 1. The minimum absolute atomic E-state index is 0.251. The van der Waals surface area contributed by atoms with Crippen molar-refractivity contribution >= 4 is 17.2 Å². The number of carbonyl (C=O) groups is 1. The molecule has 0 aliphatic rings. The minimum atomic E-state index is -0.251. The van der Waals surface area contributed by atoms with Gasteiger partial charge in [-0.05, 0) is 25.1 Å². The molecule has 106 valence electrons. The first-order chi connectivity index (χ1) is 10.2. The van der Waals surface area contributed by atoms with Crippen molar-refractivity contribution in [3.8, 4) is 5.75 Å². The van der Waals surface area contributed by atoms with Gasteiger partial charge >= 0.3 is 0 Å². The summed E-state index contributed by atoms with van der Waals surface area (Å²) in [5, 5.41) is 7.10. The highest BCUT2D eigenvalue weighted by atomic mass is 16.5. The molecule has 3 rings (SSSR count). The molecule has 3 aromatic rings. The van der Waals surface area contributed by atoms with Crippen molar-refractivity contribution in [3.63, 3.8) is 0 Å². The molecular weight excluding hydrogens is 268 g/mol. The number of ether oxygens (including phenoxy) is 1. The first-order valence-electron chi connectivity index (χ1n) is 6.44. The Kier molecular flexibility index (Phi) is 3.27. The van der Waals surface area contributed by atoms with Crippen LogP contribution >= 0.6 is 0 Å². The summed E-state index contributed by atoms with van der Waals surface area (Å²) < 4.78 is 6.67. The van der Waals surface area contributed by atoms with E-state index in [1.165, 1.54) is 4.52 Å². The van der Waals surface area contributed by atoms with Crippen LogP contribution in [-0.2, 0) is 0 Å². The van der Waals surface area contributed by atoms with Gasteiger partial charge in [-0.1, -0.05) is 6.07 Å². The van der Waals surface area contributed by atoms with E-state index in [-0.39, 0.29) is 5.91 Å². The first kappa shape index (κ1) is 13.1. The average molecular weight is 282 g/mol. The molecule has 21 heavy (non-hydrogen) atoms. The molecule has 0 unspecified atom stereocenters. The zero-order valence-corrected chi connectivity index (χ0v) is 11.7. The van der Waals surface area contributed by atoms with Gasteiger partial charge in [0.2, 0.25) is 0 Å². The highest BCUT2D eigenvalue weighted by Gasteiger charge is 2.12. The van der Waals surface area contributed by atoms with Crippen LogP contribution in [0.3, 0.4) is 0 Å². The maximum absolute atomic E-state index is 12.4. The summed E-state index contributed by atoms with van der Waals surface area (Å²) in [4.78, 5) is 16.6. The van der Waals surface area contributed by atoms with Crippen molar-refractivity contribution in [2.24, 2.45) is 0 Å². The molecule has 0 aliphatic heterocycles. The number of anilines is 1. The van der Waals surface area contributed by atoms with E-state index in [9.17, 15) is 4.79 Å². The lowest BCUT2D eigenvalue weighted by molar-refractivity contribution is 0.102. The summed E-state index contributed by atoms with van der Waals surface area (Å²) in [6.07, 6.45) is 1.59. The number of nitrogens with zero attached hydrogens (tertiary/aromatic N) is 3. The van der Waals surface area contributed by atoms with Gasteiger partial charge in [0, 0.05) is 24.0 Å². The van der Waals surface area contributed by atoms with Crippen molar-refractivity contribution in [3.05, 3.63) is 54.0 Å². The maximum atomic E-state index is 12.4. The molecule has 0 fully saturated rings. The number of hydrogen-bond acceptors (Lipinski definition) is 4. The fourth-order valence-corrected chi connectivity index (χ4v) is 2.08.